The predicted molar refractivity (Wildman–Crippen MR) is 72.8 cm³/mol. The van der Waals surface area contributed by atoms with Gasteiger partial charge in [0, 0.05) is 17.6 Å². The monoisotopic (exact) mass is 242 g/mol. The molecule has 0 amide bonds. The van der Waals surface area contributed by atoms with Gasteiger partial charge in [-0.05, 0) is 44.9 Å². The Morgan fingerprint density at radius 3 is 2.94 bits per heavy atom. The van der Waals surface area contributed by atoms with E-state index in [4.69, 9.17) is 11.0 Å². The molecule has 0 bridgehead atoms. The summed E-state index contributed by atoms with van der Waals surface area (Å²) < 4.78 is 1.96. The van der Waals surface area contributed by atoms with Crippen LogP contribution in [0.25, 0.3) is 10.9 Å². The van der Waals surface area contributed by atoms with Crippen molar-refractivity contribution >= 4 is 16.6 Å². The van der Waals surface area contributed by atoms with E-state index in [1.807, 2.05) is 42.9 Å². The normalized spacial score (nSPS) is 11.6. The Hall–Kier alpha value is -2.02. The second-order valence-corrected chi connectivity index (χ2v) is 5.29. The van der Waals surface area contributed by atoms with Gasteiger partial charge in [-0.15, -0.1) is 0 Å². The van der Waals surface area contributed by atoms with Crippen molar-refractivity contribution < 1.29 is 0 Å². The molecule has 2 rings (SSSR count). The topological polar surface area (TPSA) is 67.6 Å². The van der Waals surface area contributed by atoms with E-state index in [-0.39, 0.29) is 5.41 Å². The Bertz CT molecular complexity index is 589. The zero-order chi connectivity index (χ0) is 13.2. The zero-order valence-corrected chi connectivity index (χ0v) is 10.8. The molecule has 0 aliphatic rings. The summed E-state index contributed by atoms with van der Waals surface area (Å²) in [6.45, 7) is 4.75. The molecule has 0 fully saturated rings. The smallest absolute Gasteiger partial charge is 0.0702 e. The van der Waals surface area contributed by atoms with E-state index in [0.29, 0.717) is 0 Å². The van der Waals surface area contributed by atoms with Crippen molar-refractivity contribution in [1.82, 2.24) is 9.78 Å². The summed E-state index contributed by atoms with van der Waals surface area (Å²) in [5, 5.41) is 14.4. The first-order valence-electron chi connectivity index (χ1n) is 6.14. The highest BCUT2D eigenvalue weighted by atomic mass is 15.3. The molecule has 0 atom stereocenters. The van der Waals surface area contributed by atoms with Gasteiger partial charge in [0.1, 0.15) is 0 Å². The summed E-state index contributed by atoms with van der Waals surface area (Å²) >= 11 is 0. The summed E-state index contributed by atoms with van der Waals surface area (Å²) in [4.78, 5) is 0. The van der Waals surface area contributed by atoms with E-state index in [2.05, 4.69) is 11.2 Å². The summed E-state index contributed by atoms with van der Waals surface area (Å²) in [6, 6.07) is 8.12. The third kappa shape index (κ3) is 2.62. The zero-order valence-electron chi connectivity index (χ0n) is 10.8. The van der Waals surface area contributed by atoms with Crippen molar-refractivity contribution in [2.24, 2.45) is 5.41 Å². The molecule has 2 N–H and O–H groups in total. The fourth-order valence-electron chi connectivity index (χ4n) is 1.99. The quantitative estimate of drug-likeness (QED) is 0.838. The minimum Gasteiger partial charge on any atom is -0.399 e. The Morgan fingerprint density at radius 2 is 2.22 bits per heavy atom. The number of hydrogen-bond donors (Lipinski definition) is 1. The Balaban J connectivity index is 2.09. The molecule has 18 heavy (non-hydrogen) atoms. The van der Waals surface area contributed by atoms with E-state index in [9.17, 15) is 0 Å². The predicted octanol–water partition coefficient (Wildman–Crippen LogP) is 2.95. The van der Waals surface area contributed by atoms with Gasteiger partial charge in [-0.3, -0.25) is 4.68 Å². The largest absolute Gasteiger partial charge is 0.399 e. The van der Waals surface area contributed by atoms with Crippen LogP contribution in [-0.2, 0) is 6.54 Å². The highest BCUT2D eigenvalue weighted by Gasteiger charge is 2.16. The van der Waals surface area contributed by atoms with Crippen molar-refractivity contribution in [3.63, 3.8) is 0 Å². The average Bonchev–Trinajstić information content (AvgIpc) is 2.72. The fraction of sp³-hybridized carbons (Fsp3) is 0.429. The number of aryl methyl sites for hydroxylation is 1. The lowest BCUT2D eigenvalue weighted by Crippen LogP contribution is -2.10. The average molecular weight is 242 g/mol. The molecule has 0 aliphatic carbocycles. The summed E-state index contributed by atoms with van der Waals surface area (Å²) in [6.07, 6.45) is 3.66. The minimum atomic E-state index is -0.262. The van der Waals surface area contributed by atoms with Crippen LogP contribution in [0, 0.1) is 16.7 Å². The van der Waals surface area contributed by atoms with Gasteiger partial charge in [-0.1, -0.05) is 0 Å². The third-order valence-corrected chi connectivity index (χ3v) is 3.14. The van der Waals surface area contributed by atoms with Gasteiger partial charge < -0.3 is 5.73 Å². The number of nitriles is 1. The van der Waals surface area contributed by atoms with Crippen LogP contribution in [0.2, 0.25) is 0 Å². The van der Waals surface area contributed by atoms with E-state index in [1.54, 1.807) is 0 Å². The van der Waals surface area contributed by atoms with Gasteiger partial charge in [0.25, 0.3) is 0 Å². The molecule has 0 aliphatic heterocycles. The molecule has 0 spiro atoms. The number of benzene rings is 1. The standard InChI is InChI=1S/C14H18N4/c1-14(2,10-15)6-3-7-18-13-8-12(16)5-4-11(13)9-17-18/h4-5,8-9H,3,6-7,16H2,1-2H3. The first kappa shape index (κ1) is 12.4. The molecule has 0 saturated heterocycles. The van der Waals surface area contributed by atoms with Crippen LogP contribution in [-0.4, -0.2) is 9.78 Å². The van der Waals surface area contributed by atoms with Crippen molar-refractivity contribution in [1.29, 1.82) is 5.26 Å². The molecule has 0 radical (unpaired) electrons. The number of hydrogen-bond acceptors (Lipinski definition) is 3. The maximum atomic E-state index is 8.97. The second-order valence-electron chi connectivity index (χ2n) is 5.29. The highest BCUT2D eigenvalue weighted by Crippen LogP contribution is 2.22. The summed E-state index contributed by atoms with van der Waals surface area (Å²) in [5.74, 6) is 0. The molecule has 4 heteroatoms. The van der Waals surface area contributed by atoms with E-state index < -0.39 is 0 Å². The number of anilines is 1. The first-order chi connectivity index (χ1) is 8.52. The highest BCUT2D eigenvalue weighted by molar-refractivity contribution is 5.81. The lowest BCUT2D eigenvalue weighted by molar-refractivity contribution is 0.410. The molecule has 94 valence electrons. The molecular formula is C14H18N4. The van der Waals surface area contributed by atoms with Crippen molar-refractivity contribution in [2.45, 2.75) is 33.2 Å². The first-order valence-corrected chi connectivity index (χ1v) is 6.14. The van der Waals surface area contributed by atoms with Gasteiger partial charge in [0.05, 0.1) is 23.2 Å². The van der Waals surface area contributed by atoms with Crippen LogP contribution in [0.3, 0.4) is 0 Å². The van der Waals surface area contributed by atoms with Crippen LogP contribution < -0.4 is 5.73 Å². The van der Waals surface area contributed by atoms with Gasteiger partial charge in [0.2, 0.25) is 0 Å². The Labute approximate surface area is 107 Å². The van der Waals surface area contributed by atoms with Crippen LogP contribution in [0.4, 0.5) is 5.69 Å². The Morgan fingerprint density at radius 1 is 1.44 bits per heavy atom. The van der Waals surface area contributed by atoms with Gasteiger partial charge in [-0.2, -0.15) is 10.4 Å². The molecule has 1 aromatic heterocycles. The number of aromatic nitrogens is 2. The van der Waals surface area contributed by atoms with E-state index >= 15 is 0 Å². The molecular weight excluding hydrogens is 224 g/mol. The molecule has 0 unspecified atom stereocenters. The summed E-state index contributed by atoms with van der Waals surface area (Å²) in [5.41, 5.74) is 7.34. The van der Waals surface area contributed by atoms with Crippen molar-refractivity contribution in [3.8, 4) is 6.07 Å². The van der Waals surface area contributed by atoms with Crippen molar-refractivity contribution in [2.75, 3.05) is 5.73 Å². The maximum Gasteiger partial charge on any atom is 0.0702 e. The van der Waals surface area contributed by atoms with Crippen LogP contribution in [0.1, 0.15) is 26.7 Å². The third-order valence-electron chi connectivity index (χ3n) is 3.14. The number of nitrogen functional groups attached to an aromatic ring is 1. The molecule has 1 aromatic carbocycles. The van der Waals surface area contributed by atoms with Crippen LogP contribution in [0.5, 0.6) is 0 Å². The lowest BCUT2D eigenvalue weighted by Gasteiger charge is -2.14. The number of nitrogens with two attached hydrogens (primary N) is 1. The van der Waals surface area contributed by atoms with Gasteiger partial charge >= 0.3 is 0 Å². The number of fused-ring (bicyclic) bond motifs is 1. The van der Waals surface area contributed by atoms with Crippen LogP contribution in [0.15, 0.2) is 24.4 Å². The molecule has 4 nitrogen and oxygen atoms in total. The SMILES string of the molecule is CC(C)(C#N)CCCn1ncc2ccc(N)cc21. The fourth-order valence-corrected chi connectivity index (χ4v) is 1.99. The van der Waals surface area contributed by atoms with Crippen molar-refractivity contribution in [3.05, 3.63) is 24.4 Å². The van der Waals surface area contributed by atoms with Crippen LogP contribution >= 0.6 is 0 Å². The van der Waals surface area contributed by atoms with E-state index in [0.717, 1.165) is 36.0 Å². The van der Waals surface area contributed by atoms with Gasteiger partial charge in [0.15, 0.2) is 0 Å². The molecule has 1 heterocycles. The molecule has 0 saturated carbocycles. The summed E-state index contributed by atoms with van der Waals surface area (Å²) in [7, 11) is 0. The second kappa shape index (κ2) is 4.69. The number of rotatable bonds is 4. The molecule has 2 aromatic rings. The van der Waals surface area contributed by atoms with E-state index in [1.165, 1.54) is 0 Å². The lowest BCUT2D eigenvalue weighted by atomic mass is 9.90. The maximum absolute atomic E-state index is 8.97. The minimum absolute atomic E-state index is 0.262. The Kier molecular flexibility index (Phi) is 3.24. The number of nitrogens with zero attached hydrogens (tertiary/aromatic N) is 3. The van der Waals surface area contributed by atoms with Gasteiger partial charge in [-0.25, -0.2) is 0 Å².